The molecule has 6 heteroatoms. The van der Waals surface area contributed by atoms with Crippen LogP contribution < -0.4 is 0 Å². The molecule has 0 amide bonds. The van der Waals surface area contributed by atoms with Gasteiger partial charge in [0.15, 0.2) is 6.10 Å². The van der Waals surface area contributed by atoms with E-state index in [2.05, 4.69) is 34.6 Å². The number of carbonyl (C=O) groups excluding carboxylic acids is 3. The van der Waals surface area contributed by atoms with E-state index >= 15 is 0 Å². The smallest absolute Gasteiger partial charge is 0.306 e. The lowest BCUT2D eigenvalue weighted by molar-refractivity contribution is -0.167. The zero-order chi connectivity index (χ0) is 40.5. The van der Waals surface area contributed by atoms with Gasteiger partial charge in [0.2, 0.25) is 0 Å². The molecule has 0 aliphatic heterocycles. The van der Waals surface area contributed by atoms with Crippen LogP contribution in [0.25, 0.3) is 0 Å². The molecule has 0 aromatic rings. The van der Waals surface area contributed by atoms with Crippen molar-refractivity contribution in [1.82, 2.24) is 0 Å². The highest BCUT2D eigenvalue weighted by molar-refractivity contribution is 5.71. The molecule has 0 fully saturated rings. The van der Waals surface area contributed by atoms with Crippen molar-refractivity contribution in [2.24, 2.45) is 11.8 Å². The van der Waals surface area contributed by atoms with Crippen LogP contribution in [0.5, 0.6) is 0 Å². The van der Waals surface area contributed by atoms with Gasteiger partial charge in [0.05, 0.1) is 0 Å². The Bertz CT molecular complexity index is 843. The third kappa shape index (κ3) is 40.4. The quantitative estimate of drug-likeness (QED) is 0.0348. The molecule has 2 unspecified atom stereocenters. The minimum Gasteiger partial charge on any atom is -0.462 e. The first-order valence-electron chi connectivity index (χ1n) is 24.3. The first-order valence-corrected chi connectivity index (χ1v) is 24.3. The Morgan fingerprint density at radius 1 is 0.364 bits per heavy atom. The lowest BCUT2D eigenvalue weighted by atomic mass is 9.99. The summed E-state index contributed by atoms with van der Waals surface area (Å²) < 4.78 is 16.6. The van der Waals surface area contributed by atoms with Crippen LogP contribution in [0, 0.1) is 11.8 Å². The number of esters is 3. The zero-order valence-corrected chi connectivity index (χ0v) is 37.6. The molecule has 0 rings (SSSR count). The molecule has 6 nitrogen and oxygen atoms in total. The van der Waals surface area contributed by atoms with Gasteiger partial charge in [0.25, 0.3) is 0 Å². The molecule has 0 heterocycles. The van der Waals surface area contributed by atoms with Crippen molar-refractivity contribution in [3.8, 4) is 0 Å². The molecule has 0 radical (unpaired) electrons. The second-order valence-corrected chi connectivity index (χ2v) is 17.2. The molecule has 3 atom stereocenters. The van der Waals surface area contributed by atoms with Crippen molar-refractivity contribution >= 4 is 17.9 Å². The molecular weight excluding hydrogens is 685 g/mol. The number of unbranched alkanes of at least 4 members (excludes halogenated alkanes) is 26. The van der Waals surface area contributed by atoms with E-state index in [0.717, 1.165) is 76.0 Å². The molecule has 0 N–H and O–H groups in total. The summed E-state index contributed by atoms with van der Waals surface area (Å²) in [6.07, 6.45) is 41.3. The van der Waals surface area contributed by atoms with Crippen LogP contribution in [0.1, 0.15) is 266 Å². The topological polar surface area (TPSA) is 78.9 Å². The average molecular weight is 779 g/mol. The predicted molar refractivity (Wildman–Crippen MR) is 233 cm³/mol. The minimum atomic E-state index is -0.759. The van der Waals surface area contributed by atoms with Crippen LogP contribution in [-0.4, -0.2) is 37.2 Å². The lowest BCUT2D eigenvalue weighted by Crippen LogP contribution is -2.30. The van der Waals surface area contributed by atoms with E-state index in [4.69, 9.17) is 14.2 Å². The van der Waals surface area contributed by atoms with Gasteiger partial charge >= 0.3 is 17.9 Å². The fraction of sp³-hybridized carbons (Fsp3) is 0.939. The van der Waals surface area contributed by atoms with Crippen molar-refractivity contribution < 1.29 is 28.6 Å². The maximum Gasteiger partial charge on any atom is 0.306 e. The van der Waals surface area contributed by atoms with Gasteiger partial charge in [-0.2, -0.15) is 0 Å². The third-order valence-corrected chi connectivity index (χ3v) is 11.7. The maximum absolute atomic E-state index is 12.7. The van der Waals surface area contributed by atoms with Crippen molar-refractivity contribution in [2.45, 2.75) is 272 Å². The van der Waals surface area contributed by atoms with Crippen LogP contribution >= 0.6 is 0 Å². The van der Waals surface area contributed by atoms with Gasteiger partial charge in [-0.15, -0.1) is 0 Å². The average Bonchev–Trinajstić information content (AvgIpc) is 3.18. The first kappa shape index (κ1) is 53.4. The van der Waals surface area contributed by atoms with E-state index in [1.165, 1.54) is 148 Å². The van der Waals surface area contributed by atoms with Crippen LogP contribution in [0.2, 0.25) is 0 Å². The van der Waals surface area contributed by atoms with E-state index in [-0.39, 0.29) is 31.1 Å². The zero-order valence-electron chi connectivity index (χ0n) is 37.6. The van der Waals surface area contributed by atoms with Gasteiger partial charge in [-0.25, -0.2) is 0 Å². The summed E-state index contributed by atoms with van der Waals surface area (Å²) in [7, 11) is 0. The number of rotatable bonds is 43. The molecule has 326 valence electrons. The second-order valence-electron chi connectivity index (χ2n) is 17.2. The molecule has 0 spiro atoms. The summed E-state index contributed by atoms with van der Waals surface area (Å²) in [5.41, 5.74) is 0. The predicted octanol–water partition coefficient (Wildman–Crippen LogP) is 15.4. The Hall–Kier alpha value is -1.59. The number of carbonyl (C=O) groups is 3. The van der Waals surface area contributed by atoms with Crippen LogP contribution in [-0.2, 0) is 28.6 Å². The summed E-state index contributed by atoms with van der Waals surface area (Å²) in [5.74, 6) is 0.852. The Morgan fingerprint density at radius 3 is 0.945 bits per heavy atom. The standard InChI is InChI=1S/C49H94O6/c1-6-9-10-27-34-39-47(50)53-42-46(43-54-48(51)40-35-30-26-25-29-33-38-45(5)8-3)55-49(52)41-36-31-24-22-20-18-16-14-12-11-13-15-17-19-21-23-28-32-37-44(4)7-2/h44-46H,6-43H2,1-5H3/t44?,45?,46-/m0/s1. The molecule has 0 aliphatic carbocycles. The van der Waals surface area contributed by atoms with Crippen molar-refractivity contribution in [2.75, 3.05) is 13.2 Å². The van der Waals surface area contributed by atoms with Gasteiger partial charge in [-0.3, -0.25) is 14.4 Å². The summed E-state index contributed by atoms with van der Waals surface area (Å²) in [5, 5.41) is 0. The van der Waals surface area contributed by atoms with E-state index in [9.17, 15) is 14.4 Å². The molecule has 0 aromatic heterocycles. The Balaban J connectivity index is 4.06. The summed E-state index contributed by atoms with van der Waals surface area (Å²) in [4.78, 5) is 37.5. The third-order valence-electron chi connectivity index (χ3n) is 11.7. The maximum atomic E-state index is 12.7. The van der Waals surface area contributed by atoms with Gasteiger partial charge < -0.3 is 14.2 Å². The van der Waals surface area contributed by atoms with Gasteiger partial charge in [0, 0.05) is 19.3 Å². The van der Waals surface area contributed by atoms with Crippen molar-refractivity contribution in [1.29, 1.82) is 0 Å². The van der Waals surface area contributed by atoms with E-state index in [1.807, 2.05) is 0 Å². The first-order chi connectivity index (χ1) is 26.8. The van der Waals surface area contributed by atoms with Crippen molar-refractivity contribution in [3.05, 3.63) is 0 Å². The molecule has 55 heavy (non-hydrogen) atoms. The Morgan fingerprint density at radius 2 is 0.636 bits per heavy atom. The summed E-state index contributed by atoms with van der Waals surface area (Å²) in [6.45, 7) is 11.3. The van der Waals surface area contributed by atoms with E-state index in [1.54, 1.807) is 0 Å². The number of ether oxygens (including phenoxy) is 3. The Kier molecular flexibility index (Phi) is 40.8. The molecule has 0 aliphatic rings. The van der Waals surface area contributed by atoms with Gasteiger partial charge in [0.1, 0.15) is 13.2 Å². The van der Waals surface area contributed by atoms with Crippen LogP contribution in [0.15, 0.2) is 0 Å². The molecule has 0 saturated carbocycles. The fourth-order valence-corrected chi connectivity index (χ4v) is 7.22. The summed E-state index contributed by atoms with van der Waals surface area (Å²) >= 11 is 0. The van der Waals surface area contributed by atoms with Gasteiger partial charge in [-0.05, 0) is 31.1 Å². The highest BCUT2D eigenvalue weighted by atomic mass is 16.6. The van der Waals surface area contributed by atoms with E-state index < -0.39 is 6.10 Å². The highest BCUT2D eigenvalue weighted by Crippen LogP contribution is 2.18. The Labute approximate surface area is 342 Å². The van der Waals surface area contributed by atoms with E-state index in [0.29, 0.717) is 19.3 Å². The largest absolute Gasteiger partial charge is 0.462 e. The monoisotopic (exact) mass is 779 g/mol. The highest BCUT2D eigenvalue weighted by Gasteiger charge is 2.19. The molecule has 0 saturated heterocycles. The minimum absolute atomic E-state index is 0.0667. The van der Waals surface area contributed by atoms with Gasteiger partial charge in [-0.1, -0.05) is 227 Å². The SMILES string of the molecule is CCCCCCCC(=O)OC[C@@H](COC(=O)CCCCCCCCC(C)CC)OC(=O)CCCCCCCCCCCCCCCCCCCCC(C)CC. The lowest BCUT2D eigenvalue weighted by Gasteiger charge is -2.18. The number of hydrogen-bond acceptors (Lipinski definition) is 6. The normalized spacial score (nSPS) is 13.0. The number of hydrogen-bond donors (Lipinski definition) is 0. The molecule has 0 aromatic carbocycles. The fourth-order valence-electron chi connectivity index (χ4n) is 7.22. The summed E-state index contributed by atoms with van der Waals surface area (Å²) in [6, 6.07) is 0. The molecule has 0 bridgehead atoms. The van der Waals surface area contributed by atoms with Crippen LogP contribution in [0.4, 0.5) is 0 Å². The van der Waals surface area contributed by atoms with Crippen LogP contribution in [0.3, 0.4) is 0 Å². The van der Waals surface area contributed by atoms with Crippen molar-refractivity contribution in [3.63, 3.8) is 0 Å². The molecular formula is C49H94O6. The second kappa shape index (κ2) is 42.0.